The van der Waals surface area contributed by atoms with E-state index >= 15 is 0 Å². The number of hydrogen-bond acceptors (Lipinski definition) is 9. The number of amides is 5. The second-order valence-electron chi connectivity index (χ2n) is 14.6. The summed E-state index contributed by atoms with van der Waals surface area (Å²) in [6.45, 7) is 1.91. The highest BCUT2D eigenvalue weighted by molar-refractivity contribution is 5.97. The Labute approximate surface area is 347 Å². The summed E-state index contributed by atoms with van der Waals surface area (Å²) in [7, 11) is 0. The number of benzene rings is 3. The lowest BCUT2D eigenvalue weighted by Crippen LogP contribution is -2.60. The Morgan fingerprint density at radius 2 is 1.10 bits per heavy atom. The number of aliphatic carboxylic acids is 2. The average molecular weight is 827 g/mol. The van der Waals surface area contributed by atoms with Crippen LogP contribution in [-0.2, 0) is 52.8 Å². The van der Waals surface area contributed by atoms with Gasteiger partial charge in [0.25, 0.3) is 0 Å². The largest absolute Gasteiger partial charge is 0.481 e. The van der Waals surface area contributed by atoms with Gasteiger partial charge in [0, 0.05) is 42.8 Å². The van der Waals surface area contributed by atoms with Gasteiger partial charge in [0.15, 0.2) is 0 Å². The molecule has 0 aliphatic carbocycles. The van der Waals surface area contributed by atoms with Crippen molar-refractivity contribution in [3.8, 4) is 0 Å². The molecule has 0 spiro atoms. The zero-order chi connectivity index (χ0) is 43.6. The molecule has 1 heterocycles. The van der Waals surface area contributed by atoms with Crippen molar-refractivity contribution in [3.05, 3.63) is 108 Å². The number of carboxylic acids is 2. The van der Waals surface area contributed by atoms with E-state index < -0.39 is 90.6 Å². The van der Waals surface area contributed by atoms with Gasteiger partial charge in [0.05, 0.1) is 6.04 Å². The minimum atomic E-state index is -1.56. The molecule has 3 aromatic carbocycles. The van der Waals surface area contributed by atoms with Crippen molar-refractivity contribution >= 4 is 52.4 Å². The zero-order valence-electron chi connectivity index (χ0n) is 33.4. The molecule has 0 aliphatic rings. The highest BCUT2D eigenvalue weighted by Crippen LogP contribution is 2.20. The van der Waals surface area contributed by atoms with Crippen LogP contribution in [0.1, 0.15) is 55.7 Å². The minimum Gasteiger partial charge on any atom is -0.481 e. The van der Waals surface area contributed by atoms with Crippen LogP contribution in [0.2, 0.25) is 0 Å². The molecule has 6 atom stereocenters. The predicted molar refractivity (Wildman–Crippen MR) is 223 cm³/mol. The van der Waals surface area contributed by atoms with Crippen LogP contribution in [0.25, 0.3) is 10.9 Å². The van der Waals surface area contributed by atoms with Crippen molar-refractivity contribution in [2.45, 2.75) is 94.5 Å². The zero-order valence-corrected chi connectivity index (χ0v) is 33.4. The van der Waals surface area contributed by atoms with Gasteiger partial charge in [-0.15, -0.1) is 0 Å². The van der Waals surface area contributed by atoms with Gasteiger partial charge >= 0.3 is 11.9 Å². The van der Waals surface area contributed by atoms with Gasteiger partial charge < -0.3 is 53.2 Å². The number of carboxylic acid groups (broad SMARTS) is 2. The predicted octanol–water partition coefficient (Wildman–Crippen LogP) is 1.05. The third-order valence-electron chi connectivity index (χ3n) is 9.88. The van der Waals surface area contributed by atoms with E-state index in [9.17, 15) is 38.7 Å². The molecule has 17 heteroatoms. The lowest BCUT2D eigenvalue weighted by molar-refractivity contribution is -0.143. The Kier molecular flexibility index (Phi) is 17.8. The Morgan fingerprint density at radius 1 is 0.600 bits per heavy atom. The molecular formula is C43H54N8O9. The molecule has 0 fully saturated rings. The number of rotatable bonds is 24. The molecule has 0 radical (unpaired) electrons. The monoisotopic (exact) mass is 826 g/mol. The van der Waals surface area contributed by atoms with Crippen molar-refractivity contribution < 1.29 is 43.8 Å². The van der Waals surface area contributed by atoms with Crippen molar-refractivity contribution in [3.63, 3.8) is 0 Å². The number of H-pyrrole nitrogens is 1. The molecule has 0 bridgehead atoms. The quantitative estimate of drug-likeness (QED) is 0.0446. The first kappa shape index (κ1) is 46.1. The van der Waals surface area contributed by atoms with E-state index in [4.69, 9.17) is 16.6 Å². The minimum absolute atomic E-state index is 0.0213. The van der Waals surface area contributed by atoms with Gasteiger partial charge in [-0.05, 0) is 55.5 Å². The van der Waals surface area contributed by atoms with Crippen molar-refractivity contribution in [2.24, 2.45) is 11.5 Å². The van der Waals surface area contributed by atoms with Crippen LogP contribution in [0.4, 0.5) is 0 Å². The number of carbonyl (C=O) groups excluding carboxylic acids is 5. The number of hydrogen-bond donors (Lipinski definition) is 10. The van der Waals surface area contributed by atoms with E-state index in [1.807, 2.05) is 24.3 Å². The summed E-state index contributed by atoms with van der Waals surface area (Å²) in [5.74, 6) is -6.34. The second-order valence-corrected chi connectivity index (χ2v) is 14.6. The molecule has 5 amide bonds. The number of fused-ring (bicyclic) bond motifs is 1. The lowest BCUT2D eigenvalue weighted by atomic mass is 10.0. The first-order valence-corrected chi connectivity index (χ1v) is 19.8. The van der Waals surface area contributed by atoms with Crippen LogP contribution in [0.15, 0.2) is 91.1 Å². The van der Waals surface area contributed by atoms with Crippen LogP contribution in [-0.4, -0.2) is 99.5 Å². The highest BCUT2D eigenvalue weighted by atomic mass is 16.4. The molecule has 0 unspecified atom stereocenters. The molecule has 4 rings (SSSR count). The first-order valence-electron chi connectivity index (χ1n) is 19.8. The maximum absolute atomic E-state index is 14.4. The topological polar surface area (TPSA) is 288 Å². The van der Waals surface area contributed by atoms with E-state index in [-0.39, 0.29) is 19.3 Å². The van der Waals surface area contributed by atoms with E-state index in [1.165, 1.54) is 6.92 Å². The van der Waals surface area contributed by atoms with Gasteiger partial charge in [-0.2, -0.15) is 0 Å². The molecule has 0 aliphatic heterocycles. The molecule has 0 saturated carbocycles. The summed E-state index contributed by atoms with van der Waals surface area (Å²) >= 11 is 0. The van der Waals surface area contributed by atoms with E-state index in [0.29, 0.717) is 42.5 Å². The number of aromatic amines is 1. The van der Waals surface area contributed by atoms with E-state index in [2.05, 4.69) is 31.6 Å². The summed E-state index contributed by atoms with van der Waals surface area (Å²) in [6, 6.07) is 17.3. The van der Waals surface area contributed by atoms with E-state index in [1.54, 1.807) is 66.9 Å². The second kappa shape index (κ2) is 23.1. The van der Waals surface area contributed by atoms with Gasteiger partial charge in [-0.1, -0.05) is 85.3 Å². The molecule has 4 aromatic rings. The fraction of sp³-hybridized carbons (Fsp3) is 0.372. The maximum atomic E-state index is 14.4. The van der Waals surface area contributed by atoms with Crippen LogP contribution in [0.3, 0.4) is 0 Å². The molecule has 17 nitrogen and oxygen atoms in total. The number of aromatic nitrogens is 1. The average Bonchev–Trinajstić information content (AvgIpc) is 3.64. The lowest BCUT2D eigenvalue weighted by Gasteiger charge is -2.27. The summed E-state index contributed by atoms with van der Waals surface area (Å²) in [4.78, 5) is 95.1. The van der Waals surface area contributed by atoms with Crippen LogP contribution >= 0.6 is 0 Å². The van der Waals surface area contributed by atoms with Crippen molar-refractivity contribution in [1.29, 1.82) is 0 Å². The molecule has 320 valence electrons. The third kappa shape index (κ3) is 14.4. The number of para-hydroxylation sites is 1. The fourth-order valence-electron chi connectivity index (χ4n) is 6.51. The van der Waals surface area contributed by atoms with Crippen LogP contribution in [0.5, 0.6) is 0 Å². The molecule has 12 N–H and O–H groups in total. The molecule has 0 saturated heterocycles. The van der Waals surface area contributed by atoms with Crippen molar-refractivity contribution in [1.82, 2.24) is 31.6 Å². The Hall–Kier alpha value is -6.59. The highest BCUT2D eigenvalue weighted by Gasteiger charge is 2.33. The number of unbranched alkanes of at least 4 members (excludes halogenated alkanes) is 1. The normalized spacial score (nSPS) is 14.1. The first-order chi connectivity index (χ1) is 28.7. The van der Waals surface area contributed by atoms with Crippen LogP contribution in [0, 0.1) is 0 Å². The third-order valence-corrected chi connectivity index (χ3v) is 9.88. The number of nitrogens with two attached hydrogens (primary N) is 2. The Balaban J connectivity index is 1.62. The molecule has 1 aromatic heterocycles. The molecular weight excluding hydrogens is 773 g/mol. The van der Waals surface area contributed by atoms with Gasteiger partial charge in [0.1, 0.15) is 30.2 Å². The Bertz CT molecular complexity index is 2080. The summed E-state index contributed by atoms with van der Waals surface area (Å²) in [6.07, 6.45) is 2.33. The van der Waals surface area contributed by atoms with Gasteiger partial charge in [-0.25, -0.2) is 4.79 Å². The standard InChI is InChI=1S/C43H54N8O9/c1-26(47-39(55)31(45)17-10-11-21-44)38(54)49-36(24-29-25-46-32-18-9-8-16-30(29)32)42(58)51-35(23-28-14-6-3-7-15-28)41(57)50-34(22-27-12-4-2-5-13-27)40(56)48-33(43(59)60)19-20-37(52)53/h2-9,12-16,18,25-26,31,33-36,46H,10-11,17,19-24,44-45H2,1H3,(H,47,55)(H,48,56)(H,49,54)(H,50,57)(H,51,58)(H,52,53)(H,59,60)/t26-,31-,33-,34-,35-,36-/m0/s1. The summed E-state index contributed by atoms with van der Waals surface area (Å²) in [5.41, 5.74) is 14.3. The van der Waals surface area contributed by atoms with E-state index in [0.717, 1.165) is 10.9 Å². The summed E-state index contributed by atoms with van der Waals surface area (Å²) < 4.78 is 0. The summed E-state index contributed by atoms with van der Waals surface area (Å²) in [5, 5.41) is 32.8. The van der Waals surface area contributed by atoms with Crippen LogP contribution < -0.4 is 38.1 Å². The smallest absolute Gasteiger partial charge is 0.326 e. The van der Waals surface area contributed by atoms with Gasteiger partial charge in [-0.3, -0.25) is 28.8 Å². The molecule has 60 heavy (non-hydrogen) atoms. The maximum Gasteiger partial charge on any atom is 0.326 e. The van der Waals surface area contributed by atoms with Crippen molar-refractivity contribution in [2.75, 3.05) is 6.54 Å². The van der Waals surface area contributed by atoms with Gasteiger partial charge in [0.2, 0.25) is 29.5 Å². The number of nitrogens with one attached hydrogen (secondary N) is 6. The Morgan fingerprint density at radius 3 is 1.63 bits per heavy atom. The SMILES string of the molecule is C[C@H](NC(=O)[C@@H](N)CCCCN)C(=O)N[C@@H](Cc1c[nH]c2ccccc12)C(=O)N[C@@H](Cc1ccccc1)C(=O)N[C@@H](Cc1ccccc1)C(=O)N[C@@H](CCC(=O)O)C(=O)O. The fourth-order valence-corrected chi connectivity index (χ4v) is 6.51. The number of carbonyl (C=O) groups is 7.